The van der Waals surface area contributed by atoms with Crippen molar-refractivity contribution in [1.29, 1.82) is 0 Å². The Balaban J connectivity index is 1.80. The Morgan fingerprint density at radius 3 is 2.56 bits per heavy atom. The van der Waals surface area contributed by atoms with E-state index in [0.29, 0.717) is 17.7 Å². The lowest BCUT2D eigenvalue weighted by molar-refractivity contribution is 0.0242. The van der Waals surface area contributed by atoms with Crippen LogP contribution in [0.2, 0.25) is 0 Å². The first-order valence-electron chi connectivity index (χ1n) is 8.76. The summed E-state index contributed by atoms with van der Waals surface area (Å²) in [5, 5.41) is 11.1. The Labute approximate surface area is 159 Å². The lowest BCUT2D eigenvalue weighted by atomic mass is 9.79. The molecule has 1 atom stereocenters. The minimum Gasteiger partial charge on any atom is -0.497 e. The quantitative estimate of drug-likeness (QED) is 0.740. The van der Waals surface area contributed by atoms with Crippen molar-refractivity contribution in [3.8, 4) is 5.75 Å². The second-order valence-corrected chi connectivity index (χ2v) is 8.58. The summed E-state index contributed by atoms with van der Waals surface area (Å²) >= 11 is 0. The number of ether oxygens (including phenoxy) is 1. The molecule has 6 nitrogen and oxygen atoms in total. The molecule has 3 rings (SSSR count). The highest BCUT2D eigenvalue weighted by molar-refractivity contribution is 7.89. The van der Waals surface area contributed by atoms with Crippen LogP contribution in [0.1, 0.15) is 41.3 Å². The molecular formula is C20H23NO5S. The minimum absolute atomic E-state index is 0.0573. The molecule has 2 aromatic carbocycles. The van der Waals surface area contributed by atoms with Gasteiger partial charge in [0, 0.05) is 12.1 Å². The molecule has 2 aromatic rings. The van der Waals surface area contributed by atoms with Crippen molar-refractivity contribution in [2.24, 2.45) is 0 Å². The summed E-state index contributed by atoms with van der Waals surface area (Å²) in [4.78, 5) is 11.4. The summed E-state index contributed by atoms with van der Waals surface area (Å²) in [5.41, 5.74) is 0.867. The molecule has 7 heteroatoms. The first-order chi connectivity index (χ1) is 12.7. The predicted octanol–water partition coefficient (Wildman–Crippen LogP) is 2.40. The van der Waals surface area contributed by atoms with Crippen LogP contribution in [0.5, 0.6) is 5.75 Å². The smallest absolute Gasteiger partial charge is 0.240 e. The van der Waals surface area contributed by atoms with Crippen LogP contribution in [-0.4, -0.2) is 33.0 Å². The van der Waals surface area contributed by atoms with Gasteiger partial charge in [-0.05, 0) is 61.6 Å². The SMILES string of the molecule is COc1ccc2c(c1)CCC[C@]2(O)CNS(=O)(=O)c1ccc(C(C)=O)cc1. The number of carbonyl (C=O) groups excluding carboxylic acids is 1. The van der Waals surface area contributed by atoms with Gasteiger partial charge in [-0.1, -0.05) is 18.2 Å². The Morgan fingerprint density at radius 2 is 1.93 bits per heavy atom. The number of carbonyl (C=O) groups is 1. The number of ketones is 1. The zero-order chi connectivity index (χ0) is 19.7. The molecule has 0 bridgehead atoms. The number of Topliss-reactive ketones (excluding diaryl/α,β-unsaturated/α-hetero) is 1. The molecule has 1 aliphatic carbocycles. The van der Waals surface area contributed by atoms with E-state index in [-0.39, 0.29) is 17.2 Å². The maximum Gasteiger partial charge on any atom is 0.240 e. The summed E-state index contributed by atoms with van der Waals surface area (Å²) in [5.74, 6) is 0.583. The van der Waals surface area contributed by atoms with Gasteiger partial charge in [-0.2, -0.15) is 0 Å². The maximum atomic E-state index is 12.6. The Kier molecular flexibility index (Phi) is 5.37. The largest absolute Gasteiger partial charge is 0.497 e. The van der Waals surface area contributed by atoms with Gasteiger partial charge in [-0.25, -0.2) is 13.1 Å². The number of aliphatic hydroxyl groups is 1. The maximum absolute atomic E-state index is 12.6. The van der Waals surface area contributed by atoms with Crippen molar-refractivity contribution in [3.63, 3.8) is 0 Å². The van der Waals surface area contributed by atoms with Crippen molar-refractivity contribution >= 4 is 15.8 Å². The highest BCUT2D eigenvalue weighted by Gasteiger charge is 2.35. The number of hydrogen-bond acceptors (Lipinski definition) is 5. The first-order valence-corrected chi connectivity index (χ1v) is 10.2. The number of nitrogens with one attached hydrogen (secondary N) is 1. The van der Waals surface area contributed by atoms with Crippen LogP contribution < -0.4 is 9.46 Å². The van der Waals surface area contributed by atoms with Gasteiger partial charge in [0.05, 0.1) is 12.0 Å². The second-order valence-electron chi connectivity index (χ2n) is 6.81. The molecule has 144 valence electrons. The zero-order valence-electron chi connectivity index (χ0n) is 15.4. The van der Waals surface area contributed by atoms with Gasteiger partial charge in [0.25, 0.3) is 0 Å². The summed E-state index contributed by atoms with van der Waals surface area (Å²) < 4.78 is 32.9. The third kappa shape index (κ3) is 4.05. The predicted molar refractivity (Wildman–Crippen MR) is 101 cm³/mol. The van der Waals surface area contributed by atoms with Crippen molar-refractivity contribution < 1.29 is 23.1 Å². The van der Waals surface area contributed by atoms with E-state index in [4.69, 9.17) is 4.74 Å². The average Bonchev–Trinajstić information content (AvgIpc) is 2.66. The molecule has 27 heavy (non-hydrogen) atoms. The van der Waals surface area contributed by atoms with Gasteiger partial charge >= 0.3 is 0 Å². The Hall–Kier alpha value is -2.22. The molecule has 0 saturated heterocycles. The van der Waals surface area contributed by atoms with Crippen LogP contribution >= 0.6 is 0 Å². The van der Waals surface area contributed by atoms with Crippen molar-refractivity contribution in [2.45, 2.75) is 36.7 Å². The van der Waals surface area contributed by atoms with Gasteiger partial charge in [0.2, 0.25) is 10.0 Å². The van der Waals surface area contributed by atoms with Gasteiger partial charge in [-0.3, -0.25) is 4.79 Å². The van der Waals surface area contributed by atoms with Gasteiger partial charge < -0.3 is 9.84 Å². The molecule has 0 spiro atoms. The van der Waals surface area contributed by atoms with E-state index in [9.17, 15) is 18.3 Å². The van der Waals surface area contributed by atoms with E-state index in [1.807, 2.05) is 6.07 Å². The normalized spacial score (nSPS) is 19.4. The molecule has 1 aliphatic rings. The highest BCUT2D eigenvalue weighted by atomic mass is 32.2. The fraction of sp³-hybridized carbons (Fsp3) is 0.350. The van der Waals surface area contributed by atoms with E-state index < -0.39 is 15.6 Å². The topological polar surface area (TPSA) is 92.7 Å². The lowest BCUT2D eigenvalue weighted by Crippen LogP contribution is -2.42. The molecule has 0 saturated carbocycles. The van der Waals surface area contributed by atoms with Gasteiger partial charge in [-0.15, -0.1) is 0 Å². The van der Waals surface area contributed by atoms with Crippen molar-refractivity contribution in [2.75, 3.05) is 13.7 Å². The summed E-state index contributed by atoms with van der Waals surface area (Å²) in [6, 6.07) is 11.2. The molecule has 0 radical (unpaired) electrons. The second kappa shape index (κ2) is 7.42. The molecule has 2 N–H and O–H groups in total. The number of rotatable bonds is 6. The minimum atomic E-state index is -3.80. The fourth-order valence-corrected chi connectivity index (χ4v) is 4.50. The number of hydrogen-bond donors (Lipinski definition) is 2. The van der Waals surface area contributed by atoms with E-state index in [1.54, 1.807) is 19.2 Å². The first kappa shape index (κ1) is 19.5. The Bertz CT molecular complexity index is 953. The fourth-order valence-electron chi connectivity index (χ4n) is 3.41. The number of aryl methyl sites for hydroxylation is 1. The van der Waals surface area contributed by atoms with E-state index in [2.05, 4.69) is 4.72 Å². The van der Waals surface area contributed by atoms with Gasteiger partial charge in [0.15, 0.2) is 5.78 Å². The highest BCUT2D eigenvalue weighted by Crippen LogP contribution is 2.36. The molecule has 0 heterocycles. The molecule has 0 aliphatic heterocycles. The van der Waals surface area contributed by atoms with Crippen LogP contribution in [0.25, 0.3) is 0 Å². The number of methoxy groups -OCH3 is 1. The van der Waals surface area contributed by atoms with Crippen LogP contribution in [0.3, 0.4) is 0 Å². The summed E-state index contributed by atoms with van der Waals surface area (Å²) in [7, 11) is -2.22. The number of benzene rings is 2. The molecule has 0 aromatic heterocycles. The number of fused-ring (bicyclic) bond motifs is 1. The molecule has 0 unspecified atom stereocenters. The summed E-state index contributed by atoms with van der Waals surface area (Å²) in [6.45, 7) is 1.30. The third-order valence-electron chi connectivity index (χ3n) is 4.98. The summed E-state index contributed by atoms with van der Waals surface area (Å²) in [6.07, 6.45) is 2.04. The molecule has 0 amide bonds. The Morgan fingerprint density at radius 1 is 1.22 bits per heavy atom. The van der Waals surface area contributed by atoms with E-state index >= 15 is 0 Å². The van der Waals surface area contributed by atoms with Crippen LogP contribution in [-0.2, 0) is 22.0 Å². The van der Waals surface area contributed by atoms with Crippen molar-refractivity contribution in [3.05, 3.63) is 59.2 Å². The zero-order valence-corrected chi connectivity index (χ0v) is 16.2. The lowest BCUT2D eigenvalue weighted by Gasteiger charge is -2.34. The standard InChI is InChI=1S/C20H23NO5S/c1-14(22)15-5-8-18(9-6-15)27(24,25)21-13-20(23)11-3-4-16-12-17(26-2)7-10-19(16)20/h5-10,12,21,23H,3-4,11,13H2,1-2H3/t20-/m0/s1. The van der Waals surface area contributed by atoms with Crippen LogP contribution in [0, 0.1) is 0 Å². The van der Waals surface area contributed by atoms with Crippen molar-refractivity contribution in [1.82, 2.24) is 4.72 Å². The monoisotopic (exact) mass is 389 g/mol. The van der Waals surface area contributed by atoms with E-state index in [0.717, 1.165) is 24.0 Å². The average molecular weight is 389 g/mol. The van der Waals surface area contributed by atoms with Gasteiger partial charge in [0.1, 0.15) is 11.4 Å². The van der Waals surface area contributed by atoms with E-state index in [1.165, 1.54) is 31.2 Å². The third-order valence-corrected chi connectivity index (χ3v) is 6.39. The molecular weight excluding hydrogens is 366 g/mol. The molecule has 0 fully saturated rings. The number of sulfonamides is 1. The van der Waals surface area contributed by atoms with Crippen LogP contribution in [0.15, 0.2) is 47.4 Å². The van der Waals surface area contributed by atoms with Crippen LogP contribution in [0.4, 0.5) is 0 Å².